The Morgan fingerprint density at radius 3 is 1.27 bits per heavy atom. The fourth-order valence-corrected chi connectivity index (χ4v) is 10.1. The molecule has 0 radical (unpaired) electrons. The molecule has 9 N–H and O–H groups in total. The summed E-state index contributed by atoms with van der Waals surface area (Å²) in [5, 5.41) is 8.20. The number of carbonyl (C=O) groups is 9. The fraction of sp³-hybridized carbons (Fsp3) is 0.809. The molecule has 6 aliphatic rings. The van der Waals surface area contributed by atoms with Crippen LogP contribution in [0.15, 0.2) is 0 Å². The number of hydrogen-bond acceptors (Lipinski definition) is 11. The largest absolute Gasteiger partial charge is 0.444 e. The second kappa shape index (κ2) is 19.0. The van der Waals surface area contributed by atoms with Crippen molar-refractivity contribution < 1.29 is 47.9 Å². The van der Waals surface area contributed by atoms with Crippen molar-refractivity contribution in [2.75, 3.05) is 13.1 Å². The predicted molar refractivity (Wildman–Crippen MR) is 247 cm³/mol. The molecule has 10 atom stereocenters. The van der Waals surface area contributed by atoms with E-state index >= 15 is 0 Å². The van der Waals surface area contributed by atoms with E-state index in [1.807, 2.05) is 41.5 Å². The van der Waals surface area contributed by atoms with Crippen LogP contribution >= 0.6 is 12.4 Å². The van der Waals surface area contributed by atoms with E-state index in [2.05, 4.69) is 43.6 Å². The Hall–Kier alpha value is -4.32. The number of nitrogens with zero attached hydrogens (tertiary/aromatic N) is 2. The highest BCUT2D eigenvalue weighted by molar-refractivity contribution is 6.38. The highest BCUT2D eigenvalue weighted by Gasteiger charge is 2.71. The number of rotatable bonds is 15. The number of Topliss-reactive ketones (excluding diaryl/α,β-unsaturated/α-hetero) is 2. The Balaban J connectivity index is 0.000000290. The third-order valence-corrected chi connectivity index (χ3v) is 14.8. The van der Waals surface area contributed by atoms with Gasteiger partial charge in [0.15, 0.2) is 0 Å². The van der Waals surface area contributed by atoms with Gasteiger partial charge in [0, 0.05) is 13.1 Å². The molecule has 4 saturated carbocycles. The topological polar surface area (TPSA) is 283 Å². The number of amides is 7. The van der Waals surface area contributed by atoms with Gasteiger partial charge >= 0.3 is 6.09 Å². The lowest BCUT2D eigenvalue weighted by Crippen LogP contribution is -2.60. The van der Waals surface area contributed by atoms with Gasteiger partial charge in [-0.15, -0.1) is 12.4 Å². The van der Waals surface area contributed by atoms with Crippen molar-refractivity contribution >= 4 is 65.5 Å². The number of fused-ring (bicyclic) bond motifs is 2. The Morgan fingerprint density at radius 2 is 0.970 bits per heavy atom. The zero-order chi connectivity index (χ0) is 49.3. The summed E-state index contributed by atoms with van der Waals surface area (Å²) in [5.41, 5.74) is 14.6. The van der Waals surface area contributed by atoms with Crippen LogP contribution in [-0.4, -0.2) is 118 Å². The smallest absolute Gasteiger partial charge is 0.408 e. The number of ketones is 2. The highest BCUT2D eigenvalue weighted by atomic mass is 35.5. The minimum absolute atomic E-state index is 0. The molecule has 0 aromatic rings. The van der Waals surface area contributed by atoms with Crippen molar-refractivity contribution in [3.8, 4) is 0 Å². The molecule has 0 spiro atoms. The maximum atomic E-state index is 13.8. The molecule has 19 heteroatoms. The second-order valence-electron chi connectivity index (χ2n) is 24.0. The lowest BCUT2D eigenvalue weighted by atomic mass is 9.85. The number of alkyl carbamates (subject to hydrolysis) is 1. The molecule has 18 nitrogen and oxygen atoms in total. The van der Waals surface area contributed by atoms with Gasteiger partial charge in [0.25, 0.3) is 11.8 Å². The summed E-state index contributed by atoms with van der Waals surface area (Å²) in [6.07, 6.45) is 3.89. The van der Waals surface area contributed by atoms with Crippen LogP contribution in [-0.2, 0) is 43.1 Å². The zero-order valence-corrected chi connectivity index (χ0v) is 42.0. The van der Waals surface area contributed by atoms with Crippen molar-refractivity contribution in [2.45, 2.75) is 170 Å². The first-order chi connectivity index (χ1) is 29.6. The van der Waals surface area contributed by atoms with Gasteiger partial charge in [-0.05, 0) is 90.8 Å². The first-order valence-corrected chi connectivity index (χ1v) is 23.2. The molecular weight excluding hydrogens is 872 g/mol. The lowest BCUT2D eigenvalue weighted by Gasteiger charge is -2.38. The molecule has 6 rings (SSSR count). The number of nitrogens with two attached hydrogens (primary N) is 3. The molecule has 8 unspecified atom stereocenters. The van der Waals surface area contributed by atoms with E-state index in [9.17, 15) is 43.2 Å². The maximum Gasteiger partial charge on any atom is 0.408 e. The molecule has 0 bridgehead atoms. The molecule has 7 amide bonds. The van der Waals surface area contributed by atoms with E-state index in [4.69, 9.17) is 21.9 Å². The summed E-state index contributed by atoms with van der Waals surface area (Å²) in [7, 11) is 0. The maximum absolute atomic E-state index is 13.8. The van der Waals surface area contributed by atoms with E-state index in [1.165, 1.54) is 4.90 Å². The number of nitrogens with one attached hydrogen (secondary N) is 3. The van der Waals surface area contributed by atoms with Crippen LogP contribution in [0, 0.1) is 57.2 Å². The Kier molecular flexibility index (Phi) is 15.6. The Morgan fingerprint density at radius 1 is 0.606 bits per heavy atom. The molecule has 372 valence electrons. The third-order valence-electron chi connectivity index (χ3n) is 14.8. The fourth-order valence-electron chi connectivity index (χ4n) is 10.1. The Bertz CT molecular complexity index is 1960. The van der Waals surface area contributed by atoms with Gasteiger partial charge in [-0.1, -0.05) is 94.9 Å². The van der Waals surface area contributed by atoms with Crippen LogP contribution in [0.4, 0.5) is 4.79 Å². The average molecular weight is 950 g/mol. The first kappa shape index (κ1) is 54.3. The number of hydrogen-bond donors (Lipinski definition) is 6. The lowest BCUT2D eigenvalue weighted by molar-refractivity contribution is -0.145. The monoisotopic (exact) mass is 949 g/mol. The number of primary amides is 2. The summed E-state index contributed by atoms with van der Waals surface area (Å²) >= 11 is 0. The van der Waals surface area contributed by atoms with Crippen molar-refractivity contribution in [1.82, 2.24) is 25.8 Å². The van der Waals surface area contributed by atoms with Crippen molar-refractivity contribution in [1.29, 1.82) is 0 Å². The predicted octanol–water partition coefficient (Wildman–Crippen LogP) is 2.35. The SMILES string of the molecule is CC(C)(C)C(N)C(=O)N1C[C@H]2C(C1C(=O)NC(CC1CC1)C(=O)C(N)=O)C2(C)C.CC(C)(C)OC(=O)NC(C(=O)N1C[C@H]2C(C1C(=O)NC(CC1CC1)C(=O)C(N)=O)C2(C)C)C(C)(C)C.Cl. The van der Waals surface area contributed by atoms with Crippen LogP contribution in [0.3, 0.4) is 0 Å². The molecule has 2 aliphatic heterocycles. The molecule has 66 heavy (non-hydrogen) atoms. The zero-order valence-electron chi connectivity index (χ0n) is 41.2. The van der Waals surface area contributed by atoms with E-state index in [1.54, 1.807) is 25.7 Å². The van der Waals surface area contributed by atoms with Gasteiger partial charge in [0.05, 0.1) is 18.1 Å². The van der Waals surface area contributed by atoms with Crippen LogP contribution in [0.1, 0.15) is 129 Å². The van der Waals surface area contributed by atoms with E-state index in [0.29, 0.717) is 31.8 Å². The number of halogens is 1. The van der Waals surface area contributed by atoms with Crippen LogP contribution in [0.25, 0.3) is 0 Å². The van der Waals surface area contributed by atoms with E-state index < -0.39 is 94.0 Å². The molecular formula is C47H77ClN8O10. The first-order valence-electron chi connectivity index (χ1n) is 23.2. The third kappa shape index (κ3) is 12.0. The van der Waals surface area contributed by atoms with E-state index in [0.717, 1.165) is 25.7 Å². The van der Waals surface area contributed by atoms with Gasteiger partial charge < -0.3 is 47.7 Å². The standard InChI is InChI=1S/C26H42N4O6.C21H34N4O4.ClH/c1-24(2,3)19(29-23(35)36-25(4,5)6)22(34)30-12-14-16(26(14,7)8)17(30)21(33)28-15(11-13-9-10-13)18(31)20(27)32;1-20(2,3)16(22)19(29)25-9-11-13(21(11,4)5)14(25)18(28)24-12(8-10-6-7-10)15(26)17(23)27;/h13-17,19H,9-12H2,1-8H3,(H2,27,32)(H,28,33)(H,29,35);10-14,16H,6-9,22H2,1-5H3,(H2,23,27)(H,24,28);1H/t14-,15?,16?,17?,19?;11-,12?,13?,14?,16?;/m00./s1. The molecule has 4 aliphatic carbocycles. The van der Waals surface area contributed by atoms with Crippen LogP contribution < -0.4 is 33.2 Å². The van der Waals surface area contributed by atoms with Crippen molar-refractivity contribution in [3.05, 3.63) is 0 Å². The summed E-state index contributed by atoms with van der Waals surface area (Å²) in [6.45, 7) is 25.5. The molecule has 0 aromatic heterocycles. The average Bonchev–Trinajstić information content (AvgIpc) is 4.14. The van der Waals surface area contributed by atoms with Gasteiger partial charge in [-0.25, -0.2) is 4.79 Å². The summed E-state index contributed by atoms with van der Waals surface area (Å²) in [4.78, 5) is 117. The number of ether oxygens (including phenoxy) is 1. The Labute approximate surface area is 395 Å². The van der Waals surface area contributed by atoms with Crippen LogP contribution in [0.5, 0.6) is 0 Å². The highest BCUT2D eigenvalue weighted by Crippen LogP contribution is 2.66. The summed E-state index contributed by atoms with van der Waals surface area (Å²) in [5.74, 6) is -4.35. The van der Waals surface area contributed by atoms with Gasteiger partial charge in [-0.2, -0.15) is 0 Å². The molecule has 6 fully saturated rings. The number of carbonyl (C=O) groups excluding carboxylic acids is 9. The minimum Gasteiger partial charge on any atom is -0.444 e. The molecule has 0 aromatic carbocycles. The molecule has 2 heterocycles. The van der Waals surface area contributed by atoms with Gasteiger partial charge in [0.1, 0.15) is 23.7 Å². The number of piperidine rings is 2. The quantitative estimate of drug-likeness (QED) is 0.130. The van der Waals surface area contributed by atoms with E-state index in [-0.39, 0.29) is 64.6 Å². The summed E-state index contributed by atoms with van der Waals surface area (Å²) in [6, 6.07) is -5.09. The molecule has 2 saturated heterocycles. The second-order valence-corrected chi connectivity index (χ2v) is 24.0. The van der Waals surface area contributed by atoms with Crippen molar-refractivity contribution in [2.24, 2.45) is 74.4 Å². The normalized spacial score (nSPS) is 27.4. The van der Waals surface area contributed by atoms with Gasteiger partial charge in [0.2, 0.25) is 35.2 Å². The van der Waals surface area contributed by atoms with Crippen molar-refractivity contribution in [3.63, 3.8) is 0 Å². The van der Waals surface area contributed by atoms with Gasteiger partial charge in [-0.3, -0.25) is 38.4 Å². The summed E-state index contributed by atoms with van der Waals surface area (Å²) < 4.78 is 5.38. The van der Waals surface area contributed by atoms with Crippen LogP contribution in [0.2, 0.25) is 0 Å². The number of likely N-dealkylation sites (tertiary alicyclic amines) is 2. The minimum atomic E-state index is -1.08.